The maximum atomic E-state index is 13.1. The number of furan rings is 1. The Kier molecular flexibility index (Phi) is 4.22. The number of nitrogens with two attached hydrogens (primary N) is 1. The molecule has 4 rings (SSSR count). The molecule has 27 heavy (non-hydrogen) atoms. The van der Waals surface area contributed by atoms with Crippen molar-refractivity contribution >= 4 is 22.8 Å². The Morgan fingerprint density at radius 1 is 1.15 bits per heavy atom. The zero-order valence-corrected chi connectivity index (χ0v) is 15.5. The lowest BCUT2D eigenvalue weighted by molar-refractivity contribution is -0.140. The molecule has 138 valence electrons. The van der Waals surface area contributed by atoms with Gasteiger partial charge in [-0.05, 0) is 36.1 Å². The van der Waals surface area contributed by atoms with Gasteiger partial charge in [-0.2, -0.15) is 0 Å². The summed E-state index contributed by atoms with van der Waals surface area (Å²) in [6.07, 6.45) is 2.29. The van der Waals surface area contributed by atoms with Crippen molar-refractivity contribution in [2.45, 2.75) is 39.3 Å². The third kappa shape index (κ3) is 2.99. The number of aryl methyl sites for hydroxylation is 2. The lowest BCUT2D eigenvalue weighted by atomic mass is 9.93. The van der Waals surface area contributed by atoms with Gasteiger partial charge < -0.3 is 15.1 Å². The molecule has 2 heterocycles. The molecule has 0 bridgehead atoms. The summed E-state index contributed by atoms with van der Waals surface area (Å²) in [6, 6.07) is 11.3. The molecule has 1 aromatic heterocycles. The number of amides is 2. The predicted molar refractivity (Wildman–Crippen MR) is 103 cm³/mol. The fraction of sp³-hybridized carbons (Fsp3) is 0.273. The average molecular weight is 362 g/mol. The minimum Gasteiger partial charge on any atom is -0.464 e. The first-order valence-corrected chi connectivity index (χ1v) is 9.07. The summed E-state index contributed by atoms with van der Waals surface area (Å²) in [4.78, 5) is 26.6. The summed E-state index contributed by atoms with van der Waals surface area (Å²) in [5.74, 6) is -0.587. The van der Waals surface area contributed by atoms with Crippen LogP contribution >= 0.6 is 0 Å². The van der Waals surface area contributed by atoms with Gasteiger partial charge in [0, 0.05) is 23.9 Å². The maximum absolute atomic E-state index is 13.1. The van der Waals surface area contributed by atoms with Crippen LogP contribution in [0.4, 0.5) is 0 Å². The second-order valence-corrected chi connectivity index (χ2v) is 7.23. The fourth-order valence-electron chi connectivity index (χ4n) is 3.83. The van der Waals surface area contributed by atoms with Crippen molar-refractivity contribution in [3.8, 4) is 0 Å². The number of nitrogens with zero attached hydrogens (tertiary/aromatic N) is 1. The van der Waals surface area contributed by atoms with E-state index in [1.54, 1.807) is 11.2 Å². The molecular formula is C22H22N2O3. The molecule has 0 saturated heterocycles. The molecule has 0 fully saturated rings. The van der Waals surface area contributed by atoms with Crippen LogP contribution in [0.25, 0.3) is 11.0 Å². The van der Waals surface area contributed by atoms with E-state index in [9.17, 15) is 9.59 Å². The van der Waals surface area contributed by atoms with Crippen molar-refractivity contribution in [2.75, 3.05) is 0 Å². The molecule has 0 saturated carbocycles. The van der Waals surface area contributed by atoms with Crippen LogP contribution < -0.4 is 5.73 Å². The van der Waals surface area contributed by atoms with Gasteiger partial charge in [-0.3, -0.25) is 9.59 Å². The lowest BCUT2D eigenvalue weighted by Crippen LogP contribution is -2.51. The molecule has 3 aromatic rings. The van der Waals surface area contributed by atoms with E-state index in [0.717, 1.165) is 38.8 Å². The van der Waals surface area contributed by atoms with Crippen molar-refractivity contribution in [1.82, 2.24) is 4.90 Å². The molecule has 0 unspecified atom stereocenters. The molecule has 5 heteroatoms. The Bertz CT molecular complexity index is 1050. The number of fused-ring (bicyclic) bond motifs is 2. The highest BCUT2D eigenvalue weighted by molar-refractivity contribution is 5.92. The standard InChI is InChI=1S/C22H22N2O3/c1-13-7-8-18-17(12-27-21(18)14(13)2)10-20(25)24-11-16-6-4-3-5-15(16)9-19(24)22(23)26/h3-8,12,19H,9-11H2,1-2H3,(H2,23,26)/t19-/m1/s1. The van der Waals surface area contributed by atoms with Gasteiger partial charge in [0.15, 0.2) is 0 Å². The van der Waals surface area contributed by atoms with E-state index in [2.05, 4.69) is 0 Å². The Balaban J connectivity index is 1.64. The summed E-state index contributed by atoms with van der Waals surface area (Å²) in [5.41, 5.74) is 11.6. The Morgan fingerprint density at radius 3 is 2.63 bits per heavy atom. The molecule has 0 radical (unpaired) electrons. The zero-order chi connectivity index (χ0) is 19.1. The van der Waals surface area contributed by atoms with Crippen LogP contribution in [0.3, 0.4) is 0 Å². The van der Waals surface area contributed by atoms with Crippen LogP contribution in [-0.4, -0.2) is 22.8 Å². The van der Waals surface area contributed by atoms with E-state index in [1.165, 1.54) is 0 Å². The molecule has 1 atom stereocenters. The second-order valence-electron chi connectivity index (χ2n) is 7.23. The SMILES string of the molecule is Cc1ccc2c(CC(=O)N3Cc4ccccc4C[C@@H]3C(N)=O)coc2c1C. The summed E-state index contributed by atoms with van der Waals surface area (Å²) in [7, 11) is 0. The van der Waals surface area contributed by atoms with Crippen LogP contribution in [0.15, 0.2) is 47.1 Å². The summed E-state index contributed by atoms with van der Waals surface area (Å²) in [5, 5.41) is 0.944. The molecule has 2 aromatic carbocycles. The van der Waals surface area contributed by atoms with Crippen molar-refractivity contribution in [2.24, 2.45) is 5.73 Å². The average Bonchev–Trinajstić information content (AvgIpc) is 3.07. The van der Waals surface area contributed by atoms with E-state index >= 15 is 0 Å². The predicted octanol–water partition coefficient (Wildman–Crippen LogP) is 3.03. The topological polar surface area (TPSA) is 76.5 Å². The Morgan fingerprint density at radius 2 is 1.89 bits per heavy atom. The van der Waals surface area contributed by atoms with Crippen LogP contribution in [0.2, 0.25) is 0 Å². The van der Waals surface area contributed by atoms with Gasteiger partial charge in [-0.25, -0.2) is 0 Å². The van der Waals surface area contributed by atoms with Crippen LogP contribution in [0.5, 0.6) is 0 Å². The van der Waals surface area contributed by atoms with Crippen LogP contribution in [0.1, 0.15) is 27.8 Å². The van der Waals surface area contributed by atoms with Gasteiger partial charge in [-0.1, -0.05) is 36.4 Å². The normalized spacial score (nSPS) is 16.4. The molecule has 2 N–H and O–H groups in total. The van der Waals surface area contributed by atoms with E-state index in [4.69, 9.17) is 10.2 Å². The highest BCUT2D eigenvalue weighted by Crippen LogP contribution is 2.29. The van der Waals surface area contributed by atoms with Crippen molar-refractivity contribution in [3.05, 3.63) is 70.5 Å². The maximum Gasteiger partial charge on any atom is 0.240 e. The highest BCUT2D eigenvalue weighted by atomic mass is 16.3. The van der Waals surface area contributed by atoms with Gasteiger partial charge in [0.2, 0.25) is 11.8 Å². The number of hydrogen-bond donors (Lipinski definition) is 1. The monoisotopic (exact) mass is 362 g/mol. The van der Waals surface area contributed by atoms with Gasteiger partial charge >= 0.3 is 0 Å². The largest absolute Gasteiger partial charge is 0.464 e. The molecule has 1 aliphatic heterocycles. The summed E-state index contributed by atoms with van der Waals surface area (Å²) >= 11 is 0. The van der Waals surface area contributed by atoms with E-state index in [0.29, 0.717) is 13.0 Å². The number of carbonyl (C=O) groups excluding carboxylic acids is 2. The van der Waals surface area contributed by atoms with Crippen molar-refractivity contribution < 1.29 is 14.0 Å². The first-order valence-electron chi connectivity index (χ1n) is 9.07. The van der Waals surface area contributed by atoms with Crippen molar-refractivity contribution in [1.29, 1.82) is 0 Å². The van der Waals surface area contributed by atoms with Crippen LogP contribution in [0, 0.1) is 13.8 Å². The minimum absolute atomic E-state index is 0.116. The smallest absolute Gasteiger partial charge is 0.240 e. The lowest BCUT2D eigenvalue weighted by Gasteiger charge is -2.35. The van der Waals surface area contributed by atoms with Gasteiger partial charge in [0.1, 0.15) is 11.6 Å². The van der Waals surface area contributed by atoms with Gasteiger partial charge in [0.05, 0.1) is 12.7 Å². The van der Waals surface area contributed by atoms with Crippen LogP contribution in [-0.2, 0) is 29.0 Å². The number of primary amides is 1. The first kappa shape index (κ1) is 17.3. The zero-order valence-electron chi connectivity index (χ0n) is 15.5. The van der Waals surface area contributed by atoms with Gasteiger partial charge in [-0.15, -0.1) is 0 Å². The number of carbonyl (C=O) groups is 2. The van der Waals surface area contributed by atoms with E-state index in [-0.39, 0.29) is 12.3 Å². The number of rotatable bonds is 3. The third-order valence-corrected chi connectivity index (χ3v) is 5.58. The van der Waals surface area contributed by atoms with Crippen molar-refractivity contribution in [3.63, 3.8) is 0 Å². The number of benzene rings is 2. The minimum atomic E-state index is -0.616. The molecule has 0 spiro atoms. The highest BCUT2D eigenvalue weighted by Gasteiger charge is 2.33. The van der Waals surface area contributed by atoms with Gasteiger partial charge in [0.25, 0.3) is 0 Å². The Labute approximate surface area is 157 Å². The van der Waals surface area contributed by atoms with E-state index in [1.807, 2.05) is 50.2 Å². The molecule has 1 aliphatic rings. The molecule has 2 amide bonds. The Hall–Kier alpha value is -3.08. The molecule has 5 nitrogen and oxygen atoms in total. The fourth-order valence-corrected chi connectivity index (χ4v) is 3.83. The third-order valence-electron chi connectivity index (χ3n) is 5.58. The first-order chi connectivity index (χ1) is 13.0. The molecule has 0 aliphatic carbocycles. The summed E-state index contributed by atoms with van der Waals surface area (Å²) in [6.45, 7) is 4.44. The van der Waals surface area contributed by atoms with E-state index < -0.39 is 11.9 Å². The quantitative estimate of drug-likeness (QED) is 0.778. The number of hydrogen-bond acceptors (Lipinski definition) is 3. The second kappa shape index (κ2) is 6.58. The summed E-state index contributed by atoms with van der Waals surface area (Å²) < 4.78 is 5.72. The molecular weight excluding hydrogens is 340 g/mol.